The van der Waals surface area contributed by atoms with Gasteiger partial charge in [0.1, 0.15) is 0 Å². The molecule has 0 aliphatic rings. The Balaban J connectivity index is 1.83. The van der Waals surface area contributed by atoms with E-state index in [9.17, 15) is 0 Å². The number of aromatic amines is 1. The normalized spacial score (nSPS) is 11.2. The Bertz CT molecular complexity index is 904. The van der Waals surface area contributed by atoms with Gasteiger partial charge >= 0.3 is 0 Å². The lowest BCUT2D eigenvalue weighted by atomic mass is 10.3. The Kier molecular flexibility index (Phi) is 2.17. The highest BCUT2D eigenvalue weighted by Gasteiger charge is 2.07. The molecule has 0 radical (unpaired) electrons. The van der Waals surface area contributed by atoms with Gasteiger partial charge in [-0.3, -0.25) is 20.1 Å². The van der Waals surface area contributed by atoms with E-state index in [2.05, 4.69) is 20.4 Å². The molecule has 4 aromatic rings. The van der Waals surface area contributed by atoms with Crippen LogP contribution in [0.4, 0.5) is 11.4 Å². The molecule has 6 nitrogen and oxygen atoms in total. The number of nitrogens with two attached hydrogens (primary N) is 1. The molecule has 0 aliphatic carbocycles. The smallest absolute Gasteiger partial charge is 0.0900 e. The van der Waals surface area contributed by atoms with Crippen molar-refractivity contribution in [1.82, 2.24) is 19.6 Å². The summed E-state index contributed by atoms with van der Waals surface area (Å²) in [4.78, 5) is 11.4. The molecule has 0 spiro atoms. The molecule has 0 amide bonds. The molecule has 0 aliphatic heterocycles. The van der Waals surface area contributed by atoms with Crippen LogP contribution < -0.4 is 11.2 Å². The van der Waals surface area contributed by atoms with Crippen molar-refractivity contribution < 1.29 is 0 Å². The van der Waals surface area contributed by atoms with Gasteiger partial charge in [0.15, 0.2) is 0 Å². The predicted octanol–water partition coefficient (Wildman–Crippen LogP) is 2.37. The molecular weight excluding hydrogens is 252 g/mol. The lowest BCUT2D eigenvalue weighted by Crippen LogP contribution is -2.06. The first-order valence-electron chi connectivity index (χ1n) is 6.21. The van der Waals surface area contributed by atoms with Gasteiger partial charge in [-0.05, 0) is 12.1 Å². The molecule has 0 saturated carbocycles. The second kappa shape index (κ2) is 3.99. The minimum Gasteiger partial charge on any atom is -0.397 e. The molecule has 98 valence electrons. The molecule has 4 rings (SSSR count). The zero-order valence-corrected chi connectivity index (χ0v) is 10.5. The van der Waals surface area contributed by atoms with Gasteiger partial charge in [0.05, 0.1) is 41.0 Å². The number of nitrogen functional groups attached to an aromatic ring is 1. The van der Waals surface area contributed by atoms with E-state index in [0.29, 0.717) is 5.69 Å². The Labute approximate surface area is 114 Å². The van der Waals surface area contributed by atoms with Crippen molar-refractivity contribution in [3.63, 3.8) is 0 Å². The number of aromatic nitrogens is 4. The minimum atomic E-state index is 0.672. The average Bonchev–Trinajstić information content (AvgIpc) is 3.06. The summed E-state index contributed by atoms with van der Waals surface area (Å²) in [5.41, 5.74) is 12.8. The number of nitrogens with one attached hydrogen (secondary N) is 2. The Morgan fingerprint density at radius 2 is 2.05 bits per heavy atom. The van der Waals surface area contributed by atoms with E-state index in [1.807, 2.05) is 29.2 Å². The van der Waals surface area contributed by atoms with Crippen LogP contribution in [-0.2, 0) is 0 Å². The van der Waals surface area contributed by atoms with Crippen LogP contribution in [0.25, 0.3) is 21.8 Å². The monoisotopic (exact) mass is 264 g/mol. The molecule has 4 N–H and O–H groups in total. The van der Waals surface area contributed by atoms with Crippen molar-refractivity contribution in [2.75, 3.05) is 11.2 Å². The van der Waals surface area contributed by atoms with Gasteiger partial charge in [-0.1, -0.05) is 0 Å². The maximum atomic E-state index is 5.92. The topological polar surface area (TPSA) is 84.5 Å². The van der Waals surface area contributed by atoms with E-state index in [1.165, 1.54) is 0 Å². The van der Waals surface area contributed by atoms with E-state index >= 15 is 0 Å². The van der Waals surface area contributed by atoms with Crippen molar-refractivity contribution in [2.45, 2.75) is 0 Å². The first kappa shape index (κ1) is 10.9. The number of hydrogen-bond donors (Lipinski definition) is 3. The van der Waals surface area contributed by atoms with Crippen LogP contribution in [0.5, 0.6) is 0 Å². The number of rotatable bonds is 2. The van der Waals surface area contributed by atoms with Crippen molar-refractivity contribution in [1.29, 1.82) is 0 Å². The molecule has 0 bridgehead atoms. The minimum absolute atomic E-state index is 0.672. The second-order valence-corrected chi connectivity index (χ2v) is 4.58. The van der Waals surface area contributed by atoms with E-state index < -0.39 is 0 Å². The fraction of sp³-hybridized carbons (Fsp3) is 0. The summed E-state index contributed by atoms with van der Waals surface area (Å²) in [6.45, 7) is 0. The van der Waals surface area contributed by atoms with Gasteiger partial charge in [-0.2, -0.15) is 0 Å². The molecule has 6 heteroatoms. The molecule has 0 saturated heterocycles. The van der Waals surface area contributed by atoms with Crippen LogP contribution in [0.15, 0.2) is 49.3 Å². The Morgan fingerprint density at radius 1 is 1.10 bits per heavy atom. The fourth-order valence-electron chi connectivity index (χ4n) is 2.37. The summed E-state index contributed by atoms with van der Waals surface area (Å²) in [5, 5.41) is 2.06. The summed E-state index contributed by atoms with van der Waals surface area (Å²) < 4.78 is 1.90. The summed E-state index contributed by atoms with van der Waals surface area (Å²) in [6, 6.07) is 3.93. The number of hydrogen-bond acceptors (Lipinski definition) is 4. The van der Waals surface area contributed by atoms with E-state index in [-0.39, 0.29) is 0 Å². The molecule has 4 aromatic heterocycles. The van der Waals surface area contributed by atoms with Crippen molar-refractivity contribution >= 4 is 33.2 Å². The average molecular weight is 264 g/mol. The third-order valence-corrected chi connectivity index (χ3v) is 3.37. The van der Waals surface area contributed by atoms with Gasteiger partial charge in [0.25, 0.3) is 0 Å². The summed E-state index contributed by atoms with van der Waals surface area (Å²) in [6.07, 6.45) is 10.9. The van der Waals surface area contributed by atoms with E-state index in [4.69, 9.17) is 5.73 Å². The van der Waals surface area contributed by atoms with Crippen LogP contribution in [0.3, 0.4) is 0 Å². The maximum Gasteiger partial charge on any atom is 0.0900 e. The largest absolute Gasteiger partial charge is 0.397 e. The van der Waals surface area contributed by atoms with E-state index in [0.717, 1.165) is 27.5 Å². The first-order valence-corrected chi connectivity index (χ1v) is 6.21. The SMILES string of the molecule is Nc1cncc2c1ccn2Nc1c[nH]c2cnccc12. The number of fused-ring (bicyclic) bond motifs is 2. The standard InChI is InChI=1S/C14H12N6/c15-11-5-17-8-14-9(11)2-4-20(14)19-13-7-18-12-6-16-3-1-10(12)13/h1-8,18-19H,15H2. The number of pyridine rings is 2. The Morgan fingerprint density at radius 3 is 3.00 bits per heavy atom. The molecule has 4 heterocycles. The number of anilines is 2. The summed E-state index contributed by atoms with van der Waals surface area (Å²) >= 11 is 0. The zero-order chi connectivity index (χ0) is 13.5. The van der Waals surface area contributed by atoms with Crippen molar-refractivity contribution in [2.24, 2.45) is 0 Å². The number of H-pyrrole nitrogens is 1. The van der Waals surface area contributed by atoms with Crippen LogP contribution in [0.2, 0.25) is 0 Å². The highest BCUT2D eigenvalue weighted by atomic mass is 15.4. The quantitative estimate of drug-likeness (QED) is 0.519. The second-order valence-electron chi connectivity index (χ2n) is 4.58. The third kappa shape index (κ3) is 1.51. The lowest BCUT2D eigenvalue weighted by molar-refractivity contribution is 1.01. The van der Waals surface area contributed by atoms with Gasteiger partial charge < -0.3 is 10.7 Å². The van der Waals surface area contributed by atoms with Crippen molar-refractivity contribution in [3.8, 4) is 0 Å². The zero-order valence-electron chi connectivity index (χ0n) is 10.5. The molecule has 0 fully saturated rings. The fourth-order valence-corrected chi connectivity index (χ4v) is 2.37. The molecular formula is C14H12N6. The van der Waals surface area contributed by atoms with Crippen LogP contribution >= 0.6 is 0 Å². The summed E-state index contributed by atoms with van der Waals surface area (Å²) in [5.74, 6) is 0. The van der Waals surface area contributed by atoms with Crippen LogP contribution in [0, 0.1) is 0 Å². The number of nitrogens with zero attached hydrogens (tertiary/aromatic N) is 3. The highest BCUT2D eigenvalue weighted by Crippen LogP contribution is 2.25. The van der Waals surface area contributed by atoms with Gasteiger partial charge in [-0.15, -0.1) is 0 Å². The van der Waals surface area contributed by atoms with Crippen molar-refractivity contribution in [3.05, 3.63) is 49.3 Å². The van der Waals surface area contributed by atoms with E-state index in [1.54, 1.807) is 24.8 Å². The molecule has 0 unspecified atom stereocenters. The van der Waals surface area contributed by atoms with Gasteiger partial charge in [0, 0.05) is 29.4 Å². The Hall–Kier alpha value is -3.02. The maximum absolute atomic E-state index is 5.92. The molecule has 20 heavy (non-hydrogen) atoms. The predicted molar refractivity (Wildman–Crippen MR) is 79.3 cm³/mol. The van der Waals surface area contributed by atoms with Gasteiger partial charge in [0.2, 0.25) is 0 Å². The lowest BCUT2D eigenvalue weighted by Gasteiger charge is -2.08. The highest BCUT2D eigenvalue weighted by molar-refractivity contribution is 5.93. The summed E-state index contributed by atoms with van der Waals surface area (Å²) in [7, 11) is 0. The van der Waals surface area contributed by atoms with Crippen LogP contribution in [0.1, 0.15) is 0 Å². The van der Waals surface area contributed by atoms with Gasteiger partial charge in [-0.25, -0.2) is 0 Å². The first-order chi connectivity index (χ1) is 9.83. The molecule has 0 atom stereocenters. The third-order valence-electron chi connectivity index (χ3n) is 3.37. The van der Waals surface area contributed by atoms with Crippen LogP contribution in [-0.4, -0.2) is 19.6 Å². The molecule has 0 aromatic carbocycles.